The van der Waals surface area contributed by atoms with E-state index in [9.17, 15) is 15.0 Å². The fourth-order valence-electron chi connectivity index (χ4n) is 2.87. The van der Waals surface area contributed by atoms with Crippen LogP contribution in [0.2, 0.25) is 0 Å². The number of aromatic nitrogens is 2. The Kier molecular flexibility index (Phi) is 4.61. The molecule has 3 N–H and O–H groups in total. The van der Waals surface area contributed by atoms with Gasteiger partial charge in [-0.2, -0.15) is 0 Å². The van der Waals surface area contributed by atoms with Crippen LogP contribution in [0.3, 0.4) is 0 Å². The van der Waals surface area contributed by atoms with E-state index < -0.39 is 5.91 Å². The van der Waals surface area contributed by atoms with Crippen LogP contribution in [0.5, 0.6) is 11.5 Å². The highest BCUT2D eigenvalue weighted by molar-refractivity contribution is 5.95. The van der Waals surface area contributed by atoms with E-state index in [0.29, 0.717) is 18.6 Å². The largest absolute Gasteiger partial charge is 0.505 e. The Morgan fingerprint density at radius 3 is 2.88 bits per heavy atom. The molecule has 0 bridgehead atoms. The molecule has 0 spiro atoms. The highest BCUT2D eigenvalue weighted by Gasteiger charge is 2.36. The van der Waals surface area contributed by atoms with Crippen molar-refractivity contribution in [3.63, 3.8) is 0 Å². The third-order valence-corrected chi connectivity index (χ3v) is 4.24. The summed E-state index contributed by atoms with van der Waals surface area (Å²) in [5, 5.41) is 22.3. The van der Waals surface area contributed by atoms with Crippen molar-refractivity contribution in [2.45, 2.75) is 25.0 Å². The second kappa shape index (κ2) is 6.84. The smallest absolute Gasteiger partial charge is 0.274 e. The Labute approximate surface area is 139 Å². The number of nitrogens with one attached hydrogen (secondary N) is 1. The summed E-state index contributed by atoms with van der Waals surface area (Å²) < 4.78 is 5.19. The summed E-state index contributed by atoms with van der Waals surface area (Å²) in [5.74, 6) is 0.0319. The van der Waals surface area contributed by atoms with E-state index in [1.54, 1.807) is 31.6 Å². The first-order chi connectivity index (χ1) is 11.6. The summed E-state index contributed by atoms with van der Waals surface area (Å²) in [6, 6.07) is 4.43. The van der Waals surface area contributed by atoms with Gasteiger partial charge in [0, 0.05) is 12.4 Å². The molecule has 0 saturated heterocycles. The summed E-state index contributed by atoms with van der Waals surface area (Å²) in [6.07, 6.45) is 5.53. The second-order valence-electron chi connectivity index (χ2n) is 5.87. The number of hydrogen-bond acceptors (Lipinski definition) is 6. The highest BCUT2D eigenvalue weighted by Crippen LogP contribution is 2.38. The van der Waals surface area contributed by atoms with Gasteiger partial charge in [-0.3, -0.25) is 9.78 Å². The molecule has 2 aromatic heterocycles. The molecule has 1 amide bonds. The van der Waals surface area contributed by atoms with Gasteiger partial charge in [0.2, 0.25) is 0 Å². The Bertz CT molecular complexity index is 731. The number of pyridine rings is 2. The quantitative estimate of drug-likeness (QED) is 0.766. The third kappa shape index (κ3) is 3.30. The van der Waals surface area contributed by atoms with Crippen LogP contribution in [0.1, 0.15) is 34.9 Å². The monoisotopic (exact) mass is 329 g/mol. The van der Waals surface area contributed by atoms with Gasteiger partial charge < -0.3 is 20.3 Å². The molecular formula is C17H19N3O4. The molecule has 1 atom stereocenters. The van der Waals surface area contributed by atoms with Crippen LogP contribution in [0, 0.1) is 5.92 Å². The zero-order valence-corrected chi connectivity index (χ0v) is 13.2. The Hall–Kier alpha value is -2.67. The molecule has 0 unspecified atom stereocenters. The van der Waals surface area contributed by atoms with Gasteiger partial charge in [0.05, 0.1) is 25.5 Å². The predicted octanol–water partition coefficient (Wildman–Crippen LogP) is 1.43. The van der Waals surface area contributed by atoms with Crippen molar-refractivity contribution >= 4 is 5.91 Å². The van der Waals surface area contributed by atoms with Crippen LogP contribution in [-0.2, 0) is 0 Å². The number of aliphatic hydroxyl groups is 1. The highest BCUT2D eigenvalue weighted by atomic mass is 16.5. The van der Waals surface area contributed by atoms with Gasteiger partial charge in [-0.15, -0.1) is 0 Å². The minimum Gasteiger partial charge on any atom is -0.505 e. The number of methoxy groups -OCH3 is 1. The van der Waals surface area contributed by atoms with Crippen LogP contribution in [-0.4, -0.2) is 39.3 Å². The van der Waals surface area contributed by atoms with Crippen molar-refractivity contribution in [1.29, 1.82) is 0 Å². The number of amides is 1. The molecule has 0 aliphatic heterocycles. The van der Waals surface area contributed by atoms with Crippen molar-refractivity contribution in [2.24, 2.45) is 5.92 Å². The van der Waals surface area contributed by atoms with Gasteiger partial charge in [-0.05, 0) is 42.5 Å². The molecule has 126 valence electrons. The zero-order chi connectivity index (χ0) is 17.1. The van der Waals surface area contributed by atoms with Crippen LogP contribution in [0.25, 0.3) is 0 Å². The molecule has 7 heteroatoms. The maximum absolute atomic E-state index is 12.5. The number of carbonyl (C=O) groups is 1. The second-order valence-corrected chi connectivity index (χ2v) is 5.87. The molecule has 2 heterocycles. The number of hydrogen-bond donors (Lipinski definition) is 3. The molecule has 0 aromatic carbocycles. The van der Waals surface area contributed by atoms with Crippen LogP contribution >= 0.6 is 0 Å². The standard InChI is InChI=1S/C17H19N3O4/c1-24-13-7-11(8-18-9-13)15(10-5-12(21)6-10)20-17(23)16-14(22)3-2-4-19-16/h2-4,7-10,12,15,21-22H,5-6H2,1H3,(H,20,23)/t10?,12?,15-/m0/s1. The lowest BCUT2D eigenvalue weighted by Crippen LogP contribution is -2.41. The average molecular weight is 329 g/mol. The van der Waals surface area contributed by atoms with Crippen molar-refractivity contribution in [1.82, 2.24) is 15.3 Å². The molecule has 0 radical (unpaired) electrons. The molecule has 1 aliphatic carbocycles. The first kappa shape index (κ1) is 16.2. The molecule has 3 rings (SSSR count). The number of aliphatic hydroxyl groups excluding tert-OH is 1. The van der Waals surface area contributed by atoms with Gasteiger partial charge in [-0.25, -0.2) is 4.98 Å². The van der Waals surface area contributed by atoms with E-state index in [2.05, 4.69) is 15.3 Å². The third-order valence-electron chi connectivity index (χ3n) is 4.24. The minimum atomic E-state index is -0.470. The number of rotatable bonds is 5. The SMILES string of the molecule is COc1cncc([C@@H](NC(=O)c2ncccc2O)C2CC(O)C2)c1. The zero-order valence-electron chi connectivity index (χ0n) is 13.2. The number of carbonyl (C=O) groups excluding carboxylic acids is 1. The van der Waals surface area contributed by atoms with E-state index in [0.717, 1.165) is 5.56 Å². The lowest BCUT2D eigenvalue weighted by atomic mass is 9.75. The Morgan fingerprint density at radius 1 is 1.42 bits per heavy atom. The van der Waals surface area contributed by atoms with Gasteiger partial charge in [0.1, 0.15) is 11.5 Å². The Morgan fingerprint density at radius 2 is 2.21 bits per heavy atom. The fraction of sp³-hybridized carbons (Fsp3) is 0.353. The van der Waals surface area contributed by atoms with E-state index in [-0.39, 0.29) is 29.5 Å². The minimum absolute atomic E-state index is 0.0294. The van der Waals surface area contributed by atoms with E-state index in [1.165, 1.54) is 12.3 Å². The molecule has 1 fully saturated rings. The fourth-order valence-corrected chi connectivity index (χ4v) is 2.87. The summed E-state index contributed by atoms with van der Waals surface area (Å²) in [5.41, 5.74) is 0.758. The normalized spacial score (nSPS) is 20.8. The summed E-state index contributed by atoms with van der Waals surface area (Å²) in [6.45, 7) is 0. The van der Waals surface area contributed by atoms with Gasteiger partial charge in [0.15, 0.2) is 5.69 Å². The van der Waals surface area contributed by atoms with E-state index in [1.807, 2.05) is 0 Å². The van der Waals surface area contributed by atoms with Crippen molar-refractivity contribution in [3.05, 3.63) is 48.0 Å². The van der Waals surface area contributed by atoms with Crippen molar-refractivity contribution in [3.8, 4) is 11.5 Å². The van der Waals surface area contributed by atoms with Gasteiger partial charge >= 0.3 is 0 Å². The molecule has 24 heavy (non-hydrogen) atoms. The lowest BCUT2D eigenvalue weighted by Gasteiger charge is -2.38. The first-order valence-electron chi connectivity index (χ1n) is 7.70. The summed E-state index contributed by atoms with van der Waals surface area (Å²) in [4.78, 5) is 20.5. The Balaban J connectivity index is 1.85. The van der Waals surface area contributed by atoms with Crippen molar-refractivity contribution in [2.75, 3.05) is 7.11 Å². The van der Waals surface area contributed by atoms with Gasteiger partial charge in [-0.1, -0.05) is 0 Å². The molecular weight excluding hydrogens is 310 g/mol. The number of aromatic hydroxyl groups is 1. The van der Waals surface area contributed by atoms with Crippen LogP contribution in [0.4, 0.5) is 0 Å². The molecule has 7 nitrogen and oxygen atoms in total. The van der Waals surface area contributed by atoms with Crippen LogP contribution in [0.15, 0.2) is 36.8 Å². The molecule has 1 aliphatic rings. The number of nitrogens with zero attached hydrogens (tertiary/aromatic N) is 2. The molecule has 1 saturated carbocycles. The van der Waals surface area contributed by atoms with E-state index in [4.69, 9.17) is 4.74 Å². The maximum Gasteiger partial charge on any atom is 0.274 e. The maximum atomic E-state index is 12.5. The number of ether oxygens (including phenoxy) is 1. The average Bonchev–Trinajstić information content (AvgIpc) is 2.57. The summed E-state index contributed by atoms with van der Waals surface area (Å²) >= 11 is 0. The predicted molar refractivity (Wildman–Crippen MR) is 85.6 cm³/mol. The topological polar surface area (TPSA) is 105 Å². The summed E-state index contributed by atoms with van der Waals surface area (Å²) in [7, 11) is 1.55. The first-order valence-corrected chi connectivity index (χ1v) is 7.70. The van der Waals surface area contributed by atoms with E-state index >= 15 is 0 Å². The molecule has 2 aromatic rings. The van der Waals surface area contributed by atoms with Gasteiger partial charge in [0.25, 0.3) is 5.91 Å². The lowest BCUT2D eigenvalue weighted by molar-refractivity contribution is 0.0233. The van der Waals surface area contributed by atoms with Crippen LogP contribution < -0.4 is 10.1 Å². The van der Waals surface area contributed by atoms with Crippen molar-refractivity contribution < 1.29 is 19.7 Å².